The maximum atomic E-state index is 4.00. The minimum absolute atomic E-state index is 1.16. The van der Waals surface area contributed by atoms with Crippen molar-refractivity contribution in [3.05, 3.63) is 41.5 Å². The molecule has 0 heteroatoms. The molecule has 0 amide bonds. The number of rotatable bonds is 3. The molecule has 0 unspecified atom stereocenters. The predicted octanol–water partition coefficient (Wildman–Crippen LogP) is 3.98. The first-order chi connectivity index (χ1) is 6.15. The van der Waals surface area contributed by atoms with Gasteiger partial charge in [-0.05, 0) is 31.4 Å². The first-order valence-electron chi connectivity index (χ1n) is 4.90. The van der Waals surface area contributed by atoms with Gasteiger partial charge >= 0.3 is 0 Å². The highest BCUT2D eigenvalue weighted by atomic mass is 14.1. The van der Waals surface area contributed by atoms with Gasteiger partial charge in [-0.2, -0.15) is 0 Å². The summed E-state index contributed by atoms with van der Waals surface area (Å²) < 4.78 is 0. The zero-order valence-corrected chi connectivity index (χ0v) is 8.85. The van der Waals surface area contributed by atoms with Crippen molar-refractivity contribution in [2.24, 2.45) is 0 Å². The molecule has 0 radical (unpaired) electrons. The molecule has 13 heavy (non-hydrogen) atoms. The Labute approximate surface area is 81.3 Å². The maximum absolute atomic E-state index is 4.00. The zero-order chi connectivity index (χ0) is 9.84. The van der Waals surface area contributed by atoms with Crippen LogP contribution in [0.5, 0.6) is 0 Å². The second kappa shape index (κ2) is 4.27. The summed E-state index contributed by atoms with van der Waals surface area (Å²) in [4.78, 5) is 0. The molecule has 0 aliphatic rings. The monoisotopic (exact) mass is 174 g/mol. The van der Waals surface area contributed by atoms with Crippen LogP contribution in [0.4, 0.5) is 0 Å². The molecule has 1 aromatic rings. The molecule has 1 aromatic carbocycles. The summed E-state index contributed by atoms with van der Waals surface area (Å²) in [6.45, 7) is 10.4. The average Bonchev–Trinajstić information content (AvgIpc) is 2.04. The first-order valence-corrected chi connectivity index (χ1v) is 4.90. The topological polar surface area (TPSA) is 0 Å². The summed E-state index contributed by atoms with van der Waals surface area (Å²) in [6, 6.07) is 6.61. The third kappa shape index (κ3) is 2.45. The van der Waals surface area contributed by atoms with Gasteiger partial charge in [-0.1, -0.05) is 49.3 Å². The number of hydrogen-bond acceptors (Lipinski definition) is 0. The van der Waals surface area contributed by atoms with Crippen molar-refractivity contribution in [1.29, 1.82) is 0 Å². The van der Waals surface area contributed by atoms with Gasteiger partial charge in [0.1, 0.15) is 0 Å². The second-order valence-electron chi connectivity index (χ2n) is 3.69. The second-order valence-corrected chi connectivity index (χ2v) is 3.69. The van der Waals surface area contributed by atoms with Gasteiger partial charge in [0.2, 0.25) is 0 Å². The molecule has 0 aliphatic carbocycles. The van der Waals surface area contributed by atoms with Crippen LogP contribution in [0.2, 0.25) is 0 Å². The molecule has 0 heterocycles. The van der Waals surface area contributed by atoms with E-state index in [0.717, 1.165) is 6.42 Å². The summed E-state index contributed by atoms with van der Waals surface area (Å²) in [5.41, 5.74) is 5.28. The zero-order valence-electron chi connectivity index (χ0n) is 8.85. The van der Waals surface area contributed by atoms with Gasteiger partial charge in [0.15, 0.2) is 0 Å². The lowest BCUT2D eigenvalue weighted by Crippen LogP contribution is -1.91. The third-order valence-corrected chi connectivity index (χ3v) is 2.24. The van der Waals surface area contributed by atoms with Crippen LogP contribution in [0.15, 0.2) is 24.8 Å². The van der Waals surface area contributed by atoms with Crippen molar-refractivity contribution < 1.29 is 0 Å². The minimum atomic E-state index is 1.16. The summed E-state index contributed by atoms with van der Waals surface area (Å²) >= 11 is 0. The van der Waals surface area contributed by atoms with Crippen LogP contribution in [0, 0.1) is 6.92 Å². The molecule has 0 bridgehead atoms. The molecule has 1 rings (SSSR count). The Bertz CT molecular complexity index is 308. The molecule has 0 saturated carbocycles. The number of hydrogen-bond donors (Lipinski definition) is 0. The standard InChI is InChI=1S/C13H18/c1-5-6-12-9-11(4)7-8-13(12)10(2)3/h7-9H,2,5-6H2,1,3-4H3. The van der Waals surface area contributed by atoms with E-state index in [-0.39, 0.29) is 0 Å². The molecule has 0 aromatic heterocycles. The Balaban J connectivity index is 3.10. The fourth-order valence-corrected chi connectivity index (χ4v) is 1.62. The van der Waals surface area contributed by atoms with E-state index in [2.05, 4.69) is 45.5 Å². The average molecular weight is 174 g/mol. The highest BCUT2D eigenvalue weighted by Gasteiger charge is 2.01. The van der Waals surface area contributed by atoms with Crippen LogP contribution >= 0.6 is 0 Å². The van der Waals surface area contributed by atoms with Crippen molar-refractivity contribution in [2.45, 2.75) is 33.6 Å². The van der Waals surface area contributed by atoms with Crippen LogP contribution in [0.3, 0.4) is 0 Å². The molecule has 0 atom stereocenters. The van der Waals surface area contributed by atoms with Gasteiger partial charge in [0.05, 0.1) is 0 Å². The number of aryl methyl sites for hydroxylation is 2. The molecule has 0 spiro atoms. The SMILES string of the molecule is C=C(C)c1ccc(C)cc1CCC. The normalized spacial score (nSPS) is 10.1. The molecule has 0 saturated heterocycles. The van der Waals surface area contributed by atoms with Crippen LogP contribution < -0.4 is 0 Å². The quantitative estimate of drug-likeness (QED) is 0.650. The lowest BCUT2D eigenvalue weighted by Gasteiger charge is -2.09. The van der Waals surface area contributed by atoms with E-state index in [4.69, 9.17) is 0 Å². The summed E-state index contributed by atoms with van der Waals surface area (Å²) in [5, 5.41) is 0. The Hall–Kier alpha value is -1.04. The molecule has 0 N–H and O–H groups in total. The van der Waals surface area contributed by atoms with Gasteiger partial charge in [-0.25, -0.2) is 0 Å². The van der Waals surface area contributed by atoms with E-state index >= 15 is 0 Å². The molecular formula is C13H18. The number of benzene rings is 1. The molecule has 0 fully saturated rings. The number of allylic oxidation sites excluding steroid dienone is 1. The fourth-order valence-electron chi connectivity index (χ4n) is 1.62. The maximum Gasteiger partial charge on any atom is -0.0201 e. The minimum Gasteiger partial charge on any atom is -0.0955 e. The van der Waals surface area contributed by atoms with Gasteiger partial charge in [-0.3, -0.25) is 0 Å². The van der Waals surface area contributed by atoms with Crippen LogP contribution in [-0.2, 0) is 6.42 Å². The van der Waals surface area contributed by atoms with Crippen molar-refractivity contribution in [3.63, 3.8) is 0 Å². The molecular weight excluding hydrogens is 156 g/mol. The lowest BCUT2D eigenvalue weighted by atomic mass is 9.97. The fraction of sp³-hybridized carbons (Fsp3) is 0.385. The lowest BCUT2D eigenvalue weighted by molar-refractivity contribution is 0.916. The third-order valence-electron chi connectivity index (χ3n) is 2.24. The summed E-state index contributed by atoms with van der Waals surface area (Å²) in [7, 11) is 0. The molecule has 0 aliphatic heterocycles. The highest BCUT2D eigenvalue weighted by molar-refractivity contribution is 5.64. The summed E-state index contributed by atoms with van der Waals surface area (Å²) in [6.07, 6.45) is 2.35. The van der Waals surface area contributed by atoms with E-state index < -0.39 is 0 Å². The Kier molecular flexibility index (Phi) is 3.30. The molecule has 0 nitrogen and oxygen atoms in total. The van der Waals surface area contributed by atoms with E-state index in [1.54, 1.807) is 0 Å². The van der Waals surface area contributed by atoms with E-state index in [0.29, 0.717) is 0 Å². The Morgan fingerprint density at radius 3 is 2.62 bits per heavy atom. The highest BCUT2D eigenvalue weighted by Crippen LogP contribution is 2.20. The van der Waals surface area contributed by atoms with Crippen molar-refractivity contribution in [2.75, 3.05) is 0 Å². The van der Waals surface area contributed by atoms with E-state index in [9.17, 15) is 0 Å². The van der Waals surface area contributed by atoms with Crippen LogP contribution in [0.25, 0.3) is 5.57 Å². The van der Waals surface area contributed by atoms with Gasteiger partial charge < -0.3 is 0 Å². The van der Waals surface area contributed by atoms with Gasteiger partial charge in [0, 0.05) is 0 Å². The smallest absolute Gasteiger partial charge is 0.0201 e. The first kappa shape index (κ1) is 10.0. The predicted molar refractivity (Wildman–Crippen MR) is 59.9 cm³/mol. The van der Waals surface area contributed by atoms with Crippen LogP contribution in [-0.4, -0.2) is 0 Å². The van der Waals surface area contributed by atoms with E-state index in [1.165, 1.54) is 28.7 Å². The van der Waals surface area contributed by atoms with E-state index in [1.807, 2.05) is 0 Å². The Morgan fingerprint density at radius 1 is 1.38 bits per heavy atom. The Morgan fingerprint density at radius 2 is 2.08 bits per heavy atom. The van der Waals surface area contributed by atoms with Crippen LogP contribution in [0.1, 0.15) is 37.0 Å². The van der Waals surface area contributed by atoms with Gasteiger partial charge in [0.25, 0.3) is 0 Å². The van der Waals surface area contributed by atoms with Gasteiger partial charge in [-0.15, -0.1) is 0 Å². The largest absolute Gasteiger partial charge is 0.0955 e. The molecule has 70 valence electrons. The van der Waals surface area contributed by atoms with Crippen molar-refractivity contribution >= 4 is 5.57 Å². The van der Waals surface area contributed by atoms with Crippen molar-refractivity contribution in [1.82, 2.24) is 0 Å². The summed E-state index contributed by atoms with van der Waals surface area (Å²) in [5.74, 6) is 0. The van der Waals surface area contributed by atoms with Crippen molar-refractivity contribution in [3.8, 4) is 0 Å².